The van der Waals surface area contributed by atoms with E-state index in [9.17, 15) is 5.11 Å². The second kappa shape index (κ2) is 5.98. The second-order valence-electron chi connectivity index (χ2n) is 2.69. The summed E-state index contributed by atoms with van der Waals surface area (Å²) in [5, 5.41) is 17.7. The SMILES string of the molecule is OCC#CC(O)/C=C/c1ccccc1. The van der Waals surface area contributed by atoms with E-state index in [1.165, 1.54) is 0 Å². The second-order valence-corrected chi connectivity index (χ2v) is 2.69. The maximum absolute atomic E-state index is 9.27. The summed E-state index contributed by atoms with van der Waals surface area (Å²) in [6.07, 6.45) is 2.55. The maximum Gasteiger partial charge on any atom is 0.133 e. The van der Waals surface area contributed by atoms with Gasteiger partial charge in [0.05, 0.1) is 0 Å². The molecule has 0 saturated carbocycles. The lowest BCUT2D eigenvalue weighted by molar-refractivity contribution is 0.280. The van der Waals surface area contributed by atoms with Crippen molar-refractivity contribution in [1.82, 2.24) is 0 Å². The molecule has 14 heavy (non-hydrogen) atoms. The van der Waals surface area contributed by atoms with Gasteiger partial charge in [0.2, 0.25) is 0 Å². The molecule has 72 valence electrons. The molecule has 1 unspecified atom stereocenters. The van der Waals surface area contributed by atoms with Gasteiger partial charge in [-0.05, 0) is 11.6 Å². The van der Waals surface area contributed by atoms with Crippen molar-refractivity contribution in [1.29, 1.82) is 0 Å². The van der Waals surface area contributed by atoms with E-state index >= 15 is 0 Å². The Labute approximate surface area is 83.5 Å². The van der Waals surface area contributed by atoms with Crippen LogP contribution in [-0.2, 0) is 0 Å². The van der Waals surface area contributed by atoms with Crippen LogP contribution >= 0.6 is 0 Å². The largest absolute Gasteiger partial charge is 0.384 e. The summed E-state index contributed by atoms with van der Waals surface area (Å²) in [6, 6.07) is 9.64. The Morgan fingerprint density at radius 3 is 2.64 bits per heavy atom. The molecule has 0 spiro atoms. The summed E-state index contributed by atoms with van der Waals surface area (Å²) >= 11 is 0. The van der Waals surface area contributed by atoms with Crippen molar-refractivity contribution in [2.75, 3.05) is 6.61 Å². The van der Waals surface area contributed by atoms with Crippen LogP contribution in [0.25, 0.3) is 6.08 Å². The Balaban J connectivity index is 2.56. The van der Waals surface area contributed by atoms with Crippen LogP contribution in [0, 0.1) is 11.8 Å². The Morgan fingerprint density at radius 1 is 1.29 bits per heavy atom. The summed E-state index contributed by atoms with van der Waals surface area (Å²) < 4.78 is 0. The molecule has 0 aliphatic carbocycles. The first-order chi connectivity index (χ1) is 6.83. The highest BCUT2D eigenvalue weighted by molar-refractivity contribution is 5.50. The van der Waals surface area contributed by atoms with E-state index in [1.807, 2.05) is 30.3 Å². The Morgan fingerprint density at radius 2 is 2.00 bits per heavy atom. The van der Waals surface area contributed by atoms with Crippen molar-refractivity contribution in [2.24, 2.45) is 0 Å². The highest BCUT2D eigenvalue weighted by atomic mass is 16.3. The molecule has 2 nitrogen and oxygen atoms in total. The number of hydrogen-bond acceptors (Lipinski definition) is 2. The minimum atomic E-state index is -0.817. The standard InChI is InChI=1S/C12H12O2/c13-10-4-7-12(14)9-8-11-5-2-1-3-6-11/h1-3,5-6,8-9,12-14H,10H2/b9-8+. The molecule has 0 aliphatic heterocycles. The van der Waals surface area contributed by atoms with Gasteiger partial charge in [-0.15, -0.1) is 0 Å². The Kier molecular flexibility index (Phi) is 4.49. The average molecular weight is 188 g/mol. The maximum atomic E-state index is 9.27. The zero-order valence-electron chi connectivity index (χ0n) is 7.72. The third kappa shape index (κ3) is 3.90. The van der Waals surface area contributed by atoms with Gasteiger partial charge >= 0.3 is 0 Å². The van der Waals surface area contributed by atoms with Crippen molar-refractivity contribution in [3.63, 3.8) is 0 Å². The number of aliphatic hydroxyl groups excluding tert-OH is 2. The lowest BCUT2D eigenvalue weighted by Gasteiger charge is -1.94. The van der Waals surface area contributed by atoms with Crippen molar-refractivity contribution >= 4 is 6.08 Å². The molecule has 0 fully saturated rings. The first kappa shape index (κ1) is 10.5. The van der Waals surface area contributed by atoms with E-state index in [0.29, 0.717) is 0 Å². The summed E-state index contributed by atoms with van der Waals surface area (Å²) in [7, 11) is 0. The zero-order valence-corrected chi connectivity index (χ0v) is 7.72. The predicted octanol–water partition coefficient (Wildman–Crippen LogP) is 1.06. The molecule has 0 aromatic heterocycles. The summed E-state index contributed by atoms with van der Waals surface area (Å²) in [6.45, 7) is -0.226. The van der Waals surface area contributed by atoms with Gasteiger partial charge < -0.3 is 10.2 Å². The molecular weight excluding hydrogens is 176 g/mol. The third-order valence-corrected chi connectivity index (χ3v) is 1.60. The normalized spacial score (nSPS) is 12.1. The van der Waals surface area contributed by atoms with Crippen molar-refractivity contribution in [3.8, 4) is 11.8 Å². The fraction of sp³-hybridized carbons (Fsp3) is 0.167. The monoisotopic (exact) mass is 188 g/mol. The predicted molar refractivity (Wildman–Crippen MR) is 56.3 cm³/mol. The fourth-order valence-electron chi connectivity index (χ4n) is 0.965. The Bertz CT molecular complexity index is 344. The van der Waals surface area contributed by atoms with Gasteiger partial charge in [-0.2, -0.15) is 0 Å². The molecular formula is C12H12O2. The third-order valence-electron chi connectivity index (χ3n) is 1.60. The molecule has 0 bridgehead atoms. The van der Waals surface area contributed by atoms with Gasteiger partial charge in [-0.3, -0.25) is 0 Å². The number of hydrogen-bond donors (Lipinski definition) is 2. The first-order valence-electron chi connectivity index (χ1n) is 4.33. The lowest BCUT2D eigenvalue weighted by Crippen LogP contribution is -1.96. The summed E-state index contributed by atoms with van der Waals surface area (Å²) in [5.41, 5.74) is 1.01. The summed E-state index contributed by atoms with van der Waals surface area (Å²) in [5.74, 6) is 4.86. The van der Waals surface area contributed by atoms with Gasteiger partial charge in [0, 0.05) is 0 Å². The smallest absolute Gasteiger partial charge is 0.133 e. The van der Waals surface area contributed by atoms with E-state index in [2.05, 4.69) is 11.8 Å². The van der Waals surface area contributed by atoms with Gasteiger partial charge in [-0.25, -0.2) is 0 Å². The van der Waals surface area contributed by atoms with E-state index in [1.54, 1.807) is 12.2 Å². The fourth-order valence-corrected chi connectivity index (χ4v) is 0.965. The van der Waals surface area contributed by atoms with Crippen molar-refractivity contribution in [3.05, 3.63) is 42.0 Å². The molecule has 2 heteroatoms. The minimum Gasteiger partial charge on any atom is -0.384 e. The minimum absolute atomic E-state index is 0.226. The van der Waals surface area contributed by atoms with Crippen LogP contribution in [0.5, 0.6) is 0 Å². The van der Waals surface area contributed by atoms with Crippen LogP contribution in [0.15, 0.2) is 36.4 Å². The molecule has 0 amide bonds. The van der Waals surface area contributed by atoms with E-state index < -0.39 is 6.10 Å². The quantitative estimate of drug-likeness (QED) is 0.681. The van der Waals surface area contributed by atoms with Gasteiger partial charge in [0.25, 0.3) is 0 Å². The lowest BCUT2D eigenvalue weighted by atomic mass is 10.2. The summed E-state index contributed by atoms with van der Waals surface area (Å²) in [4.78, 5) is 0. The van der Waals surface area contributed by atoms with Crippen LogP contribution in [-0.4, -0.2) is 22.9 Å². The van der Waals surface area contributed by atoms with Crippen LogP contribution < -0.4 is 0 Å². The van der Waals surface area contributed by atoms with Gasteiger partial charge in [0.15, 0.2) is 0 Å². The van der Waals surface area contributed by atoms with Crippen molar-refractivity contribution in [2.45, 2.75) is 6.10 Å². The molecule has 0 aliphatic rings. The van der Waals surface area contributed by atoms with Crippen LogP contribution in [0.3, 0.4) is 0 Å². The topological polar surface area (TPSA) is 40.5 Å². The molecule has 1 aromatic carbocycles. The molecule has 0 heterocycles. The highest BCUT2D eigenvalue weighted by Crippen LogP contribution is 2.01. The number of aliphatic hydroxyl groups is 2. The van der Waals surface area contributed by atoms with E-state index in [0.717, 1.165) is 5.56 Å². The van der Waals surface area contributed by atoms with Crippen molar-refractivity contribution < 1.29 is 10.2 Å². The first-order valence-corrected chi connectivity index (χ1v) is 4.33. The van der Waals surface area contributed by atoms with Crippen LogP contribution in [0.1, 0.15) is 5.56 Å². The van der Waals surface area contributed by atoms with E-state index in [4.69, 9.17) is 5.11 Å². The molecule has 0 saturated heterocycles. The van der Waals surface area contributed by atoms with Crippen LogP contribution in [0.4, 0.5) is 0 Å². The molecule has 1 rings (SSSR count). The number of rotatable bonds is 2. The number of benzene rings is 1. The van der Waals surface area contributed by atoms with E-state index in [-0.39, 0.29) is 6.61 Å². The molecule has 1 aromatic rings. The molecule has 2 N–H and O–H groups in total. The molecule has 0 radical (unpaired) electrons. The zero-order chi connectivity index (χ0) is 10.2. The van der Waals surface area contributed by atoms with Gasteiger partial charge in [0.1, 0.15) is 12.7 Å². The highest BCUT2D eigenvalue weighted by Gasteiger charge is 1.90. The van der Waals surface area contributed by atoms with Gasteiger partial charge in [-0.1, -0.05) is 48.2 Å². The van der Waals surface area contributed by atoms with Crippen LogP contribution in [0.2, 0.25) is 0 Å². The average Bonchev–Trinajstić information content (AvgIpc) is 2.25. The molecule has 1 atom stereocenters. The Hall–Kier alpha value is -1.56.